The van der Waals surface area contributed by atoms with Crippen molar-refractivity contribution in [2.24, 2.45) is 0 Å². The minimum absolute atomic E-state index is 1.16. The van der Waals surface area contributed by atoms with Gasteiger partial charge in [0.25, 0.3) is 0 Å². The molecule has 17 heavy (non-hydrogen) atoms. The zero-order valence-corrected chi connectivity index (χ0v) is 11.6. The molecule has 0 bridgehead atoms. The summed E-state index contributed by atoms with van der Waals surface area (Å²) in [6.45, 7) is 2.17. The average Bonchev–Trinajstić information content (AvgIpc) is 2.38. The normalized spacial score (nSPS) is 10.4. The van der Waals surface area contributed by atoms with Crippen LogP contribution in [0.2, 0.25) is 0 Å². The first kappa shape index (κ1) is 12.6. The van der Waals surface area contributed by atoms with Crippen LogP contribution in [-0.4, -0.2) is 11.5 Å². The van der Waals surface area contributed by atoms with Gasteiger partial charge in [0, 0.05) is 21.3 Å². The summed E-state index contributed by atoms with van der Waals surface area (Å²) in [6, 6.07) is 19.2. The fourth-order valence-electron chi connectivity index (χ4n) is 1.55. The summed E-state index contributed by atoms with van der Waals surface area (Å²) < 4.78 is 0. The van der Waals surface area contributed by atoms with Crippen LogP contribution in [0.15, 0.2) is 64.4 Å². The Morgan fingerprint density at radius 2 is 1.41 bits per heavy atom. The zero-order chi connectivity index (χ0) is 11.9. The molecule has 2 aromatic carbocycles. The highest BCUT2D eigenvalue weighted by atomic mass is 32.2. The van der Waals surface area contributed by atoms with Crippen LogP contribution >= 0.6 is 23.5 Å². The van der Waals surface area contributed by atoms with Gasteiger partial charge in [-0.1, -0.05) is 36.4 Å². The molecule has 2 aromatic rings. The number of hydrogen-bond acceptors (Lipinski definition) is 2. The first-order valence-electron chi connectivity index (χ1n) is 5.72. The predicted octanol–water partition coefficient (Wildman–Crippen LogP) is 4.88. The van der Waals surface area contributed by atoms with Crippen molar-refractivity contribution in [1.29, 1.82) is 0 Å². The second-order valence-electron chi connectivity index (χ2n) is 3.78. The Morgan fingerprint density at radius 3 is 2.18 bits per heavy atom. The van der Waals surface area contributed by atoms with Crippen LogP contribution in [0.4, 0.5) is 0 Å². The highest BCUT2D eigenvalue weighted by molar-refractivity contribution is 8.03. The molecule has 0 amide bonds. The molecule has 0 aliphatic rings. The average molecular weight is 260 g/mol. The molecule has 0 saturated carbocycles. The molecule has 0 nitrogen and oxygen atoms in total. The third-order valence-electron chi connectivity index (χ3n) is 2.45. The largest absolute Gasteiger partial charge is 0.125 e. The minimum atomic E-state index is 1.16. The van der Waals surface area contributed by atoms with Gasteiger partial charge in [0.2, 0.25) is 0 Å². The van der Waals surface area contributed by atoms with Gasteiger partial charge in [-0.2, -0.15) is 0 Å². The van der Waals surface area contributed by atoms with E-state index in [1.165, 1.54) is 15.4 Å². The second kappa shape index (κ2) is 6.77. The first-order chi connectivity index (χ1) is 8.36. The fraction of sp³-hybridized carbons (Fsp3) is 0.200. The maximum absolute atomic E-state index is 2.20. The molecule has 0 aliphatic heterocycles. The van der Waals surface area contributed by atoms with Gasteiger partial charge in [-0.3, -0.25) is 0 Å². The third-order valence-corrected chi connectivity index (χ3v) is 4.90. The van der Waals surface area contributed by atoms with Gasteiger partial charge in [-0.15, -0.1) is 23.5 Å². The summed E-state index contributed by atoms with van der Waals surface area (Å²) in [4.78, 5) is 2.76. The van der Waals surface area contributed by atoms with E-state index in [2.05, 4.69) is 61.5 Å². The van der Waals surface area contributed by atoms with Crippen LogP contribution in [-0.2, 0) is 0 Å². The molecule has 0 atom stereocenters. The Kier molecular flexibility index (Phi) is 5.02. The Labute approximate surface area is 112 Å². The molecule has 2 rings (SSSR count). The summed E-state index contributed by atoms with van der Waals surface area (Å²) in [6.07, 6.45) is 0. The van der Waals surface area contributed by atoms with Crippen molar-refractivity contribution in [3.63, 3.8) is 0 Å². The Balaban J connectivity index is 1.76. The molecular formula is C15H16S2. The SMILES string of the molecule is Cc1ccccc1SCCSc1ccccc1. The van der Waals surface area contributed by atoms with Crippen molar-refractivity contribution in [1.82, 2.24) is 0 Å². The van der Waals surface area contributed by atoms with Crippen LogP contribution in [0.3, 0.4) is 0 Å². The van der Waals surface area contributed by atoms with E-state index < -0.39 is 0 Å². The lowest BCUT2D eigenvalue weighted by molar-refractivity contribution is 1.30. The maximum atomic E-state index is 2.20. The van der Waals surface area contributed by atoms with Crippen LogP contribution < -0.4 is 0 Å². The molecule has 0 fully saturated rings. The number of rotatable bonds is 5. The smallest absolute Gasteiger partial charge is 0.0101 e. The van der Waals surface area contributed by atoms with E-state index in [0.717, 1.165) is 11.5 Å². The summed E-state index contributed by atoms with van der Waals surface area (Å²) in [5, 5.41) is 0. The van der Waals surface area contributed by atoms with Gasteiger partial charge >= 0.3 is 0 Å². The highest BCUT2D eigenvalue weighted by Gasteiger charge is 1.98. The quantitative estimate of drug-likeness (QED) is 0.555. The van der Waals surface area contributed by atoms with Crippen molar-refractivity contribution in [3.8, 4) is 0 Å². The molecule has 0 heterocycles. The zero-order valence-electron chi connectivity index (χ0n) is 9.93. The van der Waals surface area contributed by atoms with Crippen molar-refractivity contribution in [2.45, 2.75) is 16.7 Å². The van der Waals surface area contributed by atoms with Gasteiger partial charge in [0.15, 0.2) is 0 Å². The summed E-state index contributed by atoms with van der Waals surface area (Å²) in [5.41, 5.74) is 1.38. The van der Waals surface area contributed by atoms with Crippen LogP contribution in [0.25, 0.3) is 0 Å². The molecule has 0 spiro atoms. The molecular weight excluding hydrogens is 244 g/mol. The van der Waals surface area contributed by atoms with Crippen molar-refractivity contribution >= 4 is 23.5 Å². The number of thioether (sulfide) groups is 2. The monoisotopic (exact) mass is 260 g/mol. The van der Waals surface area contributed by atoms with Gasteiger partial charge in [-0.05, 0) is 30.7 Å². The predicted molar refractivity (Wildman–Crippen MR) is 79.1 cm³/mol. The lowest BCUT2D eigenvalue weighted by Gasteiger charge is -2.04. The molecule has 0 saturated heterocycles. The number of hydrogen-bond donors (Lipinski definition) is 0. The summed E-state index contributed by atoms with van der Waals surface area (Å²) in [7, 11) is 0. The highest BCUT2D eigenvalue weighted by Crippen LogP contribution is 2.24. The molecule has 0 N–H and O–H groups in total. The fourth-order valence-corrected chi connectivity index (χ4v) is 3.49. The van der Waals surface area contributed by atoms with E-state index in [9.17, 15) is 0 Å². The maximum Gasteiger partial charge on any atom is 0.0101 e. The Bertz CT molecular complexity index is 451. The molecule has 0 aliphatic carbocycles. The lowest BCUT2D eigenvalue weighted by atomic mass is 10.2. The van der Waals surface area contributed by atoms with Gasteiger partial charge in [-0.25, -0.2) is 0 Å². The number of benzene rings is 2. The summed E-state index contributed by atoms with van der Waals surface area (Å²) >= 11 is 3.87. The molecule has 2 heteroatoms. The first-order valence-corrected chi connectivity index (χ1v) is 7.69. The van der Waals surface area contributed by atoms with Crippen molar-refractivity contribution in [2.75, 3.05) is 11.5 Å². The number of aryl methyl sites for hydroxylation is 1. The van der Waals surface area contributed by atoms with Gasteiger partial charge in [0.05, 0.1) is 0 Å². The molecule has 0 radical (unpaired) electrons. The van der Waals surface area contributed by atoms with Crippen molar-refractivity contribution < 1.29 is 0 Å². The molecule has 0 unspecified atom stereocenters. The van der Waals surface area contributed by atoms with E-state index in [4.69, 9.17) is 0 Å². The molecule has 88 valence electrons. The summed E-state index contributed by atoms with van der Waals surface area (Å²) in [5.74, 6) is 2.31. The van der Waals surface area contributed by atoms with E-state index in [0.29, 0.717) is 0 Å². The van der Waals surface area contributed by atoms with E-state index in [-0.39, 0.29) is 0 Å². The van der Waals surface area contributed by atoms with Crippen LogP contribution in [0.5, 0.6) is 0 Å². The van der Waals surface area contributed by atoms with Crippen LogP contribution in [0, 0.1) is 6.92 Å². The van der Waals surface area contributed by atoms with E-state index in [1.807, 2.05) is 23.5 Å². The standard InChI is InChI=1S/C15H16S2/c1-13-7-5-6-10-15(13)17-12-11-16-14-8-3-2-4-9-14/h2-10H,11-12H2,1H3. The molecule has 0 aromatic heterocycles. The minimum Gasteiger partial charge on any atom is -0.125 e. The second-order valence-corrected chi connectivity index (χ2v) is 6.08. The van der Waals surface area contributed by atoms with Gasteiger partial charge < -0.3 is 0 Å². The topological polar surface area (TPSA) is 0 Å². The van der Waals surface area contributed by atoms with E-state index >= 15 is 0 Å². The van der Waals surface area contributed by atoms with E-state index in [1.54, 1.807) is 0 Å². The third kappa shape index (κ3) is 4.14. The Hall–Kier alpha value is -0.860. The van der Waals surface area contributed by atoms with Gasteiger partial charge in [0.1, 0.15) is 0 Å². The lowest BCUT2D eigenvalue weighted by Crippen LogP contribution is -1.86. The van der Waals surface area contributed by atoms with Crippen molar-refractivity contribution in [3.05, 3.63) is 60.2 Å². The Morgan fingerprint density at radius 1 is 0.765 bits per heavy atom. The van der Waals surface area contributed by atoms with Crippen LogP contribution in [0.1, 0.15) is 5.56 Å².